The van der Waals surface area contributed by atoms with Crippen LogP contribution in [-0.4, -0.2) is 61.2 Å². The molecule has 4 aliphatic carbocycles. The topological polar surface area (TPSA) is 86.8 Å². The third-order valence-electron chi connectivity index (χ3n) is 8.67. The molecule has 1 aromatic rings. The van der Waals surface area contributed by atoms with Gasteiger partial charge in [0.25, 0.3) is 0 Å². The Balaban J connectivity index is 1.28. The minimum absolute atomic E-state index is 0.00945. The monoisotopic (exact) mass is 487 g/mol. The molecule has 5 aliphatic rings. The van der Waals surface area contributed by atoms with Gasteiger partial charge in [0.15, 0.2) is 0 Å². The number of hydrogen-bond donors (Lipinski definition) is 1. The summed E-state index contributed by atoms with van der Waals surface area (Å²) in [4.78, 5) is 28.0. The van der Waals surface area contributed by atoms with E-state index in [4.69, 9.17) is 0 Å². The fourth-order valence-electron chi connectivity index (χ4n) is 7.67. The largest absolute Gasteiger partial charge is 0.351 e. The smallest absolute Gasteiger partial charge is 0.243 e. The molecule has 186 valence electrons. The molecule has 7 nitrogen and oxygen atoms in total. The standard InChI is InChI=1S/C26H37N3O4S/c1-18(2)22-4-6-23(7-5-22)34(32,33)29-10-8-28(9-11-29)24(31)25-13-20-12-21(14-25)16-26(15-20,17-25)27-19(3)30/h4-7,18,20-21H,8-17H2,1-3H3,(H,27,30)/t20-,21+,25?,26?. The summed E-state index contributed by atoms with van der Waals surface area (Å²) in [5.74, 6) is 1.50. The molecule has 1 heterocycles. The Morgan fingerprint density at radius 2 is 1.56 bits per heavy atom. The predicted molar refractivity (Wildman–Crippen MR) is 130 cm³/mol. The van der Waals surface area contributed by atoms with Crippen LogP contribution in [0.3, 0.4) is 0 Å². The quantitative estimate of drug-likeness (QED) is 0.691. The van der Waals surface area contributed by atoms with Crippen molar-refractivity contribution in [1.29, 1.82) is 0 Å². The average molecular weight is 488 g/mol. The zero-order valence-electron chi connectivity index (χ0n) is 20.5. The van der Waals surface area contributed by atoms with Gasteiger partial charge in [-0.2, -0.15) is 4.31 Å². The van der Waals surface area contributed by atoms with Gasteiger partial charge in [0.2, 0.25) is 21.8 Å². The highest BCUT2D eigenvalue weighted by Gasteiger charge is 2.61. The normalized spacial score (nSPS) is 33.4. The van der Waals surface area contributed by atoms with Gasteiger partial charge in [-0.05, 0) is 74.0 Å². The second kappa shape index (κ2) is 8.33. The van der Waals surface area contributed by atoms with Crippen LogP contribution in [-0.2, 0) is 19.6 Å². The number of nitrogens with one attached hydrogen (secondary N) is 1. The molecule has 2 amide bonds. The van der Waals surface area contributed by atoms with Gasteiger partial charge in [-0.25, -0.2) is 8.42 Å². The zero-order valence-corrected chi connectivity index (χ0v) is 21.4. The highest BCUT2D eigenvalue weighted by Crippen LogP contribution is 2.62. The van der Waals surface area contributed by atoms with E-state index >= 15 is 0 Å². The third-order valence-corrected chi connectivity index (χ3v) is 10.6. The number of nitrogens with zero attached hydrogens (tertiary/aromatic N) is 2. The maximum absolute atomic E-state index is 13.9. The zero-order chi connectivity index (χ0) is 24.3. The van der Waals surface area contributed by atoms with E-state index < -0.39 is 15.4 Å². The van der Waals surface area contributed by atoms with Crippen molar-refractivity contribution in [2.45, 2.75) is 75.6 Å². The van der Waals surface area contributed by atoms with Gasteiger partial charge in [0, 0.05) is 38.6 Å². The van der Waals surface area contributed by atoms with Gasteiger partial charge in [0.05, 0.1) is 10.3 Å². The van der Waals surface area contributed by atoms with Crippen molar-refractivity contribution in [2.75, 3.05) is 26.2 Å². The van der Waals surface area contributed by atoms with Crippen LogP contribution in [0.15, 0.2) is 29.2 Å². The molecular formula is C26H37N3O4S. The Morgan fingerprint density at radius 1 is 0.971 bits per heavy atom. The number of piperazine rings is 1. The summed E-state index contributed by atoms with van der Waals surface area (Å²) in [5.41, 5.74) is 0.473. The number of carbonyl (C=O) groups excluding carboxylic acids is 2. The van der Waals surface area contributed by atoms with E-state index in [9.17, 15) is 18.0 Å². The SMILES string of the molecule is CC(=O)NC12C[C@H]3C[C@@H](C1)CC(C(=O)N1CCN(S(=O)(=O)c4ccc(C(C)C)cc4)CC1)(C3)C2. The minimum Gasteiger partial charge on any atom is -0.351 e. The lowest BCUT2D eigenvalue weighted by molar-refractivity contribution is -0.164. The molecule has 4 saturated carbocycles. The first-order chi connectivity index (χ1) is 16.0. The maximum atomic E-state index is 13.9. The molecule has 4 bridgehead atoms. The van der Waals surface area contributed by atoms with Gasteiger partial charge < -0.3 is 10.2 Å². The van der Waals surface area contributed by atoms with Crippen LogP contribution in [0.5, 0.6) is 0 Å². The summed E-state index contributed by atoms with van der Waals surface area (Å²) >= 11 is 0. The summed E-state index contributed by atoms with van der Waals surface area (Å²) < 4.78 is 27.9. The van der Waals surface area contributed by atoms with Crippen molar-refractivity contribution in [1.82, 2.24) is 14.5 Å². The Kier molecular flexibility index (Phi) is 5.83. The first-order valence-corrected chi connectivity index (χ1v) is 14.1. The second-order valence-corrected chi connectivity index (χ2v) is 13.6. The van der Waals surface area contributed by atoms with E-state index in [2.05, 4.69) is 19.2 Å². The van der Waals surface area contributed by atoms with Gasteiger partial charge in [-0.3, -0.25) is 9.59 Å². The molecule has 2 unspecified atom stereocenters. The summed E-state index contributed by atoms with van der Waals surface area (Å²) in [6.45, 7) is 7.23. The number of carbonyl (C=O) groups is 2. The van der Waals surface area contributed by atoms with Crippen molar-refractivity contribution in [3.63, 3.8) is 0 Å². The van der Waals surface area contributed by atoms with Crippen LogP contribution in [0.2, 0.25) is 0 Å². The molecule has 1 saturated heterocycles. The van der Waals surface area contributed by atoms with Crippen LogP contribution in [0, 0.1) is 17.3 Å². The summed E-state index contributed by atoms with van der Waals surface area (Å²) in [5, 5.41) is 3.23. The van der Waals surface area contributed by atoms with Crippen molar-refractivity contribution < 1.29 is 18.0 Å². The van der Waals surface area contributed by atoms with Crippen LogP contribution < -0.4 is 5.32 Å². The highest BCUT2D eigenvalue weighted by atomic mass is 32.2. The lowest BCUT2D eigenvalue weighted by Gasteiger charge is -2.62. The Hall–Kier alpha value is -1.93. The molecule has 0 spiro atoms. The first-order valence-electron chi connectivity index (χ1n) is 12.7. The summed E-state index contributed by atoms with van der Waals surface area (Å²) in [6.07, 6.45) is 5.68. The van der Waals surface area contributed by atoms with Crippen LogP contribution >= 0.6 is 0 Å². The molecule has 5 fully saturated rings. The van der Waals surface area contributed by atoms with Gasteiger partial charge in [-0.15, -0.1) is 0 Å². The molecule has 0 aromatic heterocycles. The van der Waals surface area contributed by atoms with Gasteiger partial charge in [0.1, 0.15) is 0 Å². The lowest BCUT2D eigenvalue weighted by Crippen LogP contribution is -2.66. The first kappa shape index (κ1) is 23.8. The number of benzene rings is 1. The molecule has 6 rings (SSSR count). The van der Waals surface area contributed by atoms with Crippen LogP contribution in [0.4, 0.5) is 0 Å². The number of rotatable bonds is 5. The van der Waals surface area contributed by atoms with Crippen molar-refractivity contribution >= 4 is 21.8 Å². The Labute approximate surface area is 203 Å². The van der Waals surface area contributed by atoms with E-state index in [0.29, 0.717) is 48.8 Å². The predicted octanol–water partition coefficient (Wildman–Crippen LogP) is 3.12. The molecule has 34 heavy (non-hydrogen) atoms. The van der Waals surface area contributed by atoms with E-state index in [0.717, 1.165) is 44.1 Å². The summed E-state index contributed by atoms with van der Waals surface area (Å²) in [7, 11) is -3.57. The fourth-order valence-corrected chi connectivity index (χ4v) is 9.10. The van der Waals surface area contributed by atoms with Crippen molar-refractivity contribution in [2.24, 2.45) is 17.3 Å². The Bertz CT molecular complexity index is 1060. The molecule has 1 N–H and O–H groups in total. The van der Waals surface area contributed by atoms with Crippen molar-refractivity contribution in [3.8, 4) is 0 Å². The van der Waals surface area contributed by atoms with E-state index in [-0.39, 0.29) is 17.4 Å². The third kappa shape index (κ3) is 4.06. The lowest BCUT2D eigenvalue weighted by atomic mass is 9.46. The second-order valence-electron chi connectivity index (χ2n) is 11.6. The average Bonchev–Trinajstić information content (AvgIpc) is 2.77. The molecule has 1 aromatic carbocycles. The molecule has 4 atom stereocenters. The number of hydrogen-bond acceptors (Lipinski definition) is 4. The fraction of sp³-hybridized carbons (Fsp3) is 0.692. The minimum atomic E-state index is -3.57. The molecule has 0 radical (unpaired) electrons. The molecule has 1 aliphatic heterocycles. The summed E-state index contributed by atoms with van der Waals surface area (Å²) in [6, 6.07) is 7.16. The number of amides is 2. The van der Waals surface area contributed by atoms with E-state index in [1.165, 1.54) is 4.31 Å². The van der Waals surface area contributed by atoms with Gasteiger partial charge >= 0.3 is 0 Å². The van der Waals surface area contributed by atoms with E-state index in [1.54, 1.807) is 19.1 Å². The van der Waals surface area contributed by atoms with Gasteiger partial charge in [-0.1, -0.05) is 26.0 Å². The number of sulfonamides is 1. The van der Waals surface area contributed by atoms with Crippen molar-refractivity contribution in [3.05, 3.63) is 29.8 Å². The van der Waals surface area contributed by atoms with Crippen LogP contribution in [0.1, 0.15) is 70.8 Å². The molecule has 8 heteroatoms. The maximum Gasteiger partial charge on any atom is 0.243 e. The molecular weight excluding hydrogens is 450 g/mol. The highest BCUT2D eigenvalue weighted by molar-refractivity contribution is 7.89. The Morgan fingerprint density at radius 3 is 2.09 bits per heavy atom. The van der Waals surface area contributed by atoms with E-state index in [1.807, 2.05) is 17.0 Å². The van der Waals surface area contributed by atoms with Crippen LogP contribution in [0.25, 0.3) is 0 Å².